The van der Waals surface area contributed by atoms with Gasteiger partial charge >= 0.3 is 0 Å². The van der Waals surface area contributed by atoms with E-state index in [0.29, 0.717) is 5.02 Å². The zero-order valence-electron chi connectivity index (χ0n) is 11.5. The minimum atomic E-state index is -3.46. The van der Waals surface area contributed by atoms with Crippen LogP contribution in [0.15, 0.2) is 41.3 Å². The molecule has 1 aliphatic rings. The Morgan fingerprint density at radius 1 is 1.05 bits per heavy atom. The van der Waals surface area contributed by atoms with Crippen LogP contribution in [0, 0.1) is 0 Å². The molecule has 0 atom stereocenters. The van der Waals surface area contributed by atoms with Crippen LogP contribution in [0.25, 0.3) is 0 Å². The van der Waals surface area contributed by atoms with Crippen molar-refractivity contribution >= 4 is 27.1 Å². The standard InChI is InChI=1S/C16H16ClNO2S/c17-14-6-7-16(15(18)9-14)21(19,20)10-11-4-5-12-2-1-3-13(12)8-11/h4-9H,1-3,10,18H2. The summed E-state index contributed by atoms with van der Waals surface area (Å²) < 4.78 is 25.0. The number of nitrogen functional groups attached to an aromatic ring is 1. The molecule has 0 fully saturated rings. The van der Waals surface area contributed by atoms with E-state index < -0.39 is 9.84 Å². The van der Waals surface area contributed by atoms with Gasteiger partial charge in [-0.3, -0.25) is 0 Å². The highest BCUT2D eigenvalue weighted by molar-refractivity contribution is 7.90. The first-order valence-electron chi connectivity index (χ1n) is 6.84. The predicted octanol–water partition coefficient (Wildman–Crippen LogP) is 3.38. The van der Waals surface area contributed by atoms with Gasteiger partial charge in [-0.05, 0) is 54.2 Å². The topological polar surface area (TPSA) is 60.2 Å². The Morgan fingerprint density at radius 3 is 2.57 bits per heavy atom. The van der Waals surface area contributed by atoms with Crippen LogP contribution < -0.4 is 5.73 Å². The van der Waals surface area contributed by atoms with Crippen LogP contribution in [-0.4, -0.2) is 8.42 Å². The summed E-state index contributed by atoms with van der Waals surface area (Å²) in [4.78, 5) is 0.146. The summed E-state index contributed by atoms with van der Waals surface area (Å²) in [6.45, 7) is 0. The molecule has 3 nitrogen and oxygen atoms in total. The maximum Gasteiger partial charge on any atom is 0.184 e. The number of sulfone groups is 1. The molecular formula is C16H16ClNO2S. The average Bonchev–Trinajstić information content (AvgIpc) is 2.85. The van der Waals surface area contributed by atoms with E-state index in [1.165, 1.54) is 23.3 Å². The fourth-order valence-corrected chi connectivity index (χ4v) is 4.46. The third-order valence-corrected chi connectivity index (χ3v) is 5.82. The molecule has 5 heteroatoms. The Hall–Kier alpha value is -1.52. The summed E-state index contributed by atoms with van der Waals surface area (Å²) in [6.07, 6.45) is 3.27. The van der Waals surface area contributed by atoms with E-state index in [2.05, 4.69) is 0 Å². The Balaban J connectivity index is 1.92. The molecule has 0 amide bonds. The molecule has 2 aromatic rings. The molecule has 0 bridgehead atoms. The molecule has 0 saturated heterocycles. The minimum Gasteiger partial charge on any atom is -0.398 e. The molecule has 0 saturated carbocycles. The van der Waals surface area contributed by atoms with Gasteiger partial charge < -0.3 is 5.73 Å². The minimum absolute atomic E-state index is 0.0356. The molecule has 0 aromatic heterocycles. The smallest absolute Gasteiger partial charge is 0.184 e. The van der Waals surface area contributed by atoms with Gasteiger partial charge in [-0.15, -0.1) is 0 Å². The Labute approximate surface area is 129 Å². The SMILES string of the molecule is Nc1cc(Cl)ccc1S(=O)(=O)Cc1ccc2c(c1)CCC2. The molecule has 2 aromatic carbocycles. The molecule has 2 N–H and O–H groups in total. The quantitative estimate of drug-likeness (QED) is 0.881. The van der Waals surface area contributed by atoms with Crippen molar-refractivity contribution in [1.29, 1.82) is 0 Å². The second-order valence-corrected chi connectivity index (χ2v) is 7.79. The predicted molar refractivity (Wildman–Crippen MR) is 85.2 cm³/mol. The summed E-state index contributed by atoms with van der Waals surface area (Å²) in [5.41, 5.74) is 9.40. The number of nitrogens with two attached hydrogens (primary N) is 1. The Bertz CT molecular complexity index is 800. The summed E-state index contributed by atoms with van der Waals surface area (Å²) in [5.74, 6) is -0.0356. The van der Waals surface area contributed by atoms with Gasteiger partial charge in [0.25, 0.3) is 0 Å². The Morgan fingerprint density at radius 2 is 1.81 bits per heavy atom. The van der Waals surface area contributed by atoms with Crippen molar-refractivity contribution in [2.45, 2.75) is 29.9 Å². The third kappa shape index (κ3) is 2.92. The number of hydrogen-bond donors (Lipinski definition) is 1. The van der Waals surface area contributed by atoms with E-state index in [0.717, 1.165) is 24.8 Å². The molecule has 3 rings (SSSR count). The number of benzene rings is 2. The first kappa shape index (κ1) is 14.4. The van der Waals surface area contributed by atoms with Crippen LogP contribution in [0.5, 0.6) is 0 Å². The van der Waals surface area contributed by atoms with Gasteiger partial charge in [-0.2, -0.15) is 0 Å². The van der Waals surface area contributed by atoms with Crippen molar-refractivity contribution in [1.82, 2.24) is 0 Å². The zero-order valence-corrected chi connectivity index (χ0v) is 13.0. The largest absolute Gasteiger partial charge is 0.398 e. The lowest BCUT2D eigenvalue weighted by atomic mass is 10.1. The van der Waals surface area contributed by atoms with Crippen LogP contribution in [0.2, 0.25) is 5.02 Å². The number of fused-ring (bicyclic) bond motifs is 1. The van der Waals surface area contributed by atoms with Gasteiger partial charge in [0.05, 0.1) is 16.3 Å². The van der Waals surface area contributed by atoms with E-state index in [1.54, 1.807) is 6.07 Å². The van der Waals surface area contributed by atoms with E-state index in [1.807, 2.05) is 18.2 Å². The van der Waals surface area contributed by atoms with E-state index in [-0.39, 0.29) is 16.3 Å². The lowest BCUT2D eigenvalue weighted by Crippen LogP contribution is -2.08. The summed E-state index contributed by atoms with van der Waals surface area (Å²) in [5, 5.41) is 0.434. The van der Waals surface area contributed by atoms with Crippen molar-refractivity contribution in [2.75, 3.05) is 5.73 Å². The molecule has 110 valence electrons. The van der Waals surface area contributed by atoms with Gasteiger partial charge in [-0.25, -0.2) is 8.42 Å². The van der Waals surface area contributed by atoms with Crippen molar-refractivity contribution in [3.8, 4) is 0 Å². The maximum absolute atomic E-state index is 12.5. The molecule has 0 radical (unpaired) electrons. The highest BCUT2D eigenvalue weighted by Gasteiger charge is 2.20. The third-order valence-electron chi connectivity index (χ3n) is 3.83. The van der Waals surface area contributed by atoms with Crippen LogP contribution in [0.4, 0.5) is 5.69 Å². The van der Waals surface area contributed by atoms with Gasteiger partial charge in [0.15, 0.2) is 9.84 Å². The van der Waals surface area contributed by atoms with Crippen molar-refractivity contribution < 1.29 is 8.42 Å². The average molecular weight is 322 g/mol. The monoisotopic (exact) mass is 321 g/mol. The van der Waals surface area contributed by atoms with Gasteiger partial charge in [0.1, 0.15) is 0 Å². The van der Waals surface area contributed by atoms with E-state index >= 15 is 0 Å². The highest BCUT2D eigenvalue weighted by atomic mass is 35.5. The van der Waals surface area contributed by atoms with Crippen molar-refractivity contribution in [3.63, 3.8) is 0 Å². The number of halogens is 1. The fourth-order valence-electron chi connectivity index (χ4n) is 2.81. The number of hydrogen-bond acceptors (Lipinski definition) is 3. The fraction of sp³-hybridized carbons (Fsp3) is 0.250. The maximum atomic E-state index is 12.5. The molecule has 0 heterocycles. The molecular weight excluding hydrogens is 306 g/mol. The second kappa shape index (κ2) is 5.35. The zero-order chi connectivity index (χ0) is 15.0. The molecule has 0 aliphatic heterocycles. The summed E-state index contributed by atoms with van der Waals surface area (Å²) >= 11 is 5.82. The van der Waals surface area contributed by atoms with Gasteiger partial charge in [-0.1, -0.05) is 29.8 Å². The van der Waals surface area contributed by atoms with Gasteiger partial charge in [0.2, 0.25) is 0 Å². The van der Waals surface area contributed by atoms with E-state index in [4.69, 9.17) is 17.3 Å². The van der Waals surface area contributed by atoms with Crippen LogP contribution in [0.1, 0.15) is 23.1 Å². The molecule has 21 heavy (non-hydrogen) atoms. The molecule has 1 aliphatic carbocycles. The Kier molecular flexibility index (Phi) is 3.68. The summed E-state index contributed by atoms with van der Waals surface area (Å²) in [7, 11) is -3.46. The van der Waals surface area contributed by atoms with Crippen LogP contribution in [0.3, 0.4) is 0 Å². The highest BCUT2D eigenvalue weighted by Crippen LogP contribution is 2.28. The lowest BCUT2D eigenvalue weighted by Gasteiger charge is -2.09. The van der Waals surface area contributed by atoms with Crippen molar-refractivity contribution in [2.24, 2.45) is 0 Å². The normalized spacial score (nSPS) is 14.1. The first-order chi connectivity index (χ1) is 9.95. The second-order valence-electron chi connectivity index (χ2n) is 5.40. The van der Waals surface area contributed by atoms with Crippen LogP contribution in [-0.2, 0) is 28.4 Å². The van der Waals surface area contributed by atoms with Gasteiger partial charge in [0, 0.05) is 5.02 Å². The van der Waals surface area contributed by atoms with Crippen LogP contribution >= 0.6 is 11.6 Å². The lowest BCUT2D eigenvalue weighted by molar-refractivity contribution is 0.595. The number of rotatable bonds is 3. The molecule has 0 unspecified atom stereocenters. The molecule has 0 spiro atoms. The van der Waals surface area contributed by atoms with E-state index in [9.17, 15) is 8.42 Å². The van der Waals surface area contributed by atoms with Crippen molar-refractivity contribution in [3.05, 3.63) is 58.1 Å². The first-order valence-corrected chi connectivity index (χ1v) is 8.87. The number of anilines is 1. The number of aryl methyl sites for hydroxylation is 2. The summed E-state index contributed by atoms with van der Waals surface area (Å²) in [6, 6.07) is 10.4.